The van der Waals surface area contributed by atoms with E-state index in [2.05, 4.69) is 14.7 Å². The Hall–Kier alpha value is -1.38. The van der Waals surface area contributed by atoms with Gasteiger partial charge in [0.2, 0.25) is 0 Å². The van der Waals surface area contributed by atoms with Gasteiger partial charge < -0.3 is 9.29 Å². The van der Waals surface area contributed by atoms with E-state index in [1.807, 2.05) is 0 Å². The lowest BCUT2D eigenvalue weighted by molar-refractivity contribution is -0.145. The number of fused-ring (bicyclic) bond motifs is 1. The van der Waals surface area contributed by atoms with Crippen LogP contribution in [-0.2, 0) is 33.8 Å². The number of carbonyl (C=O) groups is 1. The molecule has 1 aromatic rings. The normalized spacial score (nSPS) is 21.6. The molecule has 0 saturated carbocycles. The quantitative estimate of drug-likeness (QED) is 0.506. The van der Waals surface area contributed by atoms with Crippen LogP contribution in [0.15, 0.2) is 12.4 Å². The second-order valence-corrected chi connectivity index (χ2v) is 4.39. The Kier molecular flexibility index (Phi) is 3.46. The van der Waals surface area contributed by atoms with Gasteiger partial charge in [-0.2, -0.15) is 0 Å². The summed E-state index contributed by atoms with van der Waals surface area (Å²) in [6, 6.07) is -0.859. The van der Waals surface area contributed by atoms with Crippen LogP contribution in [-0.4, -0.2) is 42.2 Å². The summed E-state index contributed by atoms with van der Waals surface area (Å²) in [6.45, 7) is 0.0407. The molecule has 8 heteroatoms. The topological polar surface area (TPSA) is 95.5 Å². The summed E-state index contributed by atoms with van der Waals surface area (Å²) in [6.07, 6.45) is 3.18. The van der Waals surface area contributed by atoms with E-state index in [4.69, 9.17) is 0 Å². The molecule has 1 aliphatic rings. The number of esters is 1. The third-order valence-corrected chi connectivity index (χ3v) is 3.33. The molecule has 0 aliphatic carbocycles. The maximum atomic E-state index is 11.5. The highest BCUT2D eigenvalue weighted by molar-refractivity contribution is 7.76. The van der Waals surface area contributed by atoms with Gasteiger partial charge in [-0.15, -0.1) is 0 Å². The highest BCUT2D eigenvalue weighted by Crippen LogP contribution is 2.21. The van der Waals surface area contributed by atoms with Crippen molar-refractivity contribution >= 4 is 17.2 Å². The third kappa shape index (κ3) is 2.33. The molecule has 0 aromatic carbocycles. The smallest absolute Gasteiger partial charge is 0.324 e. The number of aromatic nitrogens is 2. The van der Waals surface area contributed by atoms with Gasteiger partial charge in [-0.1, -0.05) is 0 Å². The number of carbonyl (C=O) groups excluding carboxylic acids is 1. The fourth-order valence-corrected chi connectivity index (χ4v) is 2.33. The Bertz CT molecular complexity index is 467. The number of methoxy groups -OCH3 is 1. The van der Waals surface area contributed by atoms with Crippen LogP contribution in [0.4, 0.5) is 0 Å². The molecular formula is C9H10N3O4S-. The van der Waals surface area contributed by atoms with E-state index in [0.29, 0.717) is 11.4 Å². The maximum Gasteiger partial charge on any atom is 0.324 e. The molecule has 1 aromatic heterocycles. The predicted octanol–water partition coefficient (Wildman–Crippen LogP) is -0.830. The van der Waals surface area contributed by atoms with Gasteiger partial charge in [0.05, 0.1) is 25.0 Å². The zero-order chi connectivity index (χ0) is 12.4. The Morgan fingerprint density at radius 3 is 2.76 bits per heavy atom. The van der Waals surface area contributed by atoms with Crippen molar-refractivity contribution in [2.24, 2.45) is 0 Å². The van der Waals surface area contributed by atoms with Crippen LogP contribution >= 0.6 is 0 Å². The van der Waals surface area contributed by atoms with Crippen LogP contribution in [0.3, 0.4) is 0 Å². The summed E-state index contributed by atoms with van der Waals surface area (Å²) >= 11 is -2.50. The van der Waals surface area contributed by atoms with Crippen molar-refractivity contribution < 1.29 is 18.3 Å². The molecule has 0 spiro atoms. The molecule has 1 aliphatic heterocycles. The molecule has 92 valence electrons. The van der Waals surface area contributed by atoms with Crippen molar-refractivity contribution in [3.05, 3.63) is 23.8 Å². The molecule has 7 nitrogen and oxygen atoms in total. The second-order valence-electron chi connectivity index (χ2n) is 3.49. The van der Waals surface area contributed by atoms with Gasteiger partial charge in [-0.25, -0.2) is 4.31 Å². The number of hydrogen-bond donors (Lipinski definition) is 0. The summed E-state index contributed by atoms with van der Waals surface area (Å²) in [5, 5.41) is 0. The van der Waals surface area contributed by atoms with Gasteiger partial charge in [-0.3, -0.25) is 19.0 Å². The van der Waals surface area contributed by atoms with E-state index >= 15 is 0 Å². The van der Waals surface area contributed by atoms with Crippen molar-refractivity contribution in [1.29, 1.82) is 0 Å². The average Bonchev–Trinajstić information content (AvgIpc) is 2.36. The lowest BCUT2D eigenvalue weighted by Crippen LogP contribution is -2.47. The van der Waals surface area contributed by atoms with Gasteiger partial charge in [-0.05, 0) is 0 Å². The molecule has 2 rings (SSSR count). The molecule has 0 radical (unpaired) electrons. The summed E-state index contributed by atoms with van der Waals surface area (Å²) in [4.78, 5) is 19.6. The van der Waals surface area contributed by atoms with Crippen LogP contribution in [0.2, 0.25) is 0 Å². The molecule has 0 N–H and O–H groups in total. The van der Waals surface area contributed by atoms with Gasteiger partial charge in [0.15, 0.2) is 0 Å². The second kappa shape index (κ2) is 4.86. The molecule has 0 fully saturated rings. The minimum atomic E-state index is -2.50. The van der Waals surface area contributed by atoms with Crippen LogP contribution in [0.5, 0.6) is 0 Å². The minimum Gasteiger partial charge on any atom is -0.760 e. The van der Waals surface area contributed by atoms with Crippen LogP contribution < -0.4 is 0 Å². The summed E-state index contributed by atoms with van der Waals surface area (Å²) in [7, 11) is 1.22. The lowest BCUT2D eigenvalue weighted by Gasteiger charge is -2.34. The first-order valence-electron chi connectivity index (χ1n) is 4.86. The Labute approximate surface area is 100 Å². The highest BCUT2D eigenvalue weighted by Gasteiger charge is 2.34. The summed E-state index contributed by atoms with van der Waals surface area (Å²) in [5.41, 5.74) is 1.20. The van der Waals surface area contributed by atoms with Crippen molar-refractivity contribution in [1.82, 2.24) is 14.3 Å². The summed E-state index contributed by atoms with van der Waals surface area (Å²) < 4.78 is 27.7. The van der Waals surface area contributed by atoms with Crippen molar-refractivity contribution in [3.63, 3.8) is 0 Å². The zero-order valence-corrected chi connectivity index (χ0v) is 9.85. The largest absolute Gasteiger partial charge is 0.760 e. The first-order valence-corrected chi connectivity index (χ1v) is 5.89. The SMILES string of the molecule is COC(=O)C1Cc2nccnc2CN1S(=O)[O-]. The van der Waals surface area contributed by atoms with Gasteiger partial charge >= 0.3 is 5.97 Å². The summed E-state index contributed by atoms with van der Waals surface area (Å²) in [5.74, 6) is -0.592. The van der Waals surface area contributed by atoms with Gasteiger partial charge in [0.25, 0.3) is 0 Å². The molecule has 2 unspecified atom stereocenters. The maximum absolute atomic E-state index is 11.5. The highest BCUT2D eigenvalue weighted by atomic mass is 32.2. The standard InChI is InChI=1S/C9H11N3O4S/c1-16-9(13)8-4-6-7(11-3-2-10-6)5-12(8)17(14)15/h2-3,8H,4-5H2,1H3,(H,14,15)/p-1. The zero-order valence-electron chi connectivity index (χ0n) is 9.03. The first-order chi connectivity index (χ1) is 8.13. The minimum absolute atomic E-state index is 0.0407. The number of rotatable bonds is 2. The Morgan fingerprint density at radius 2 is 2.18 bits per heavy atom. The Balaban J connectivity index is 2.34. The van der Waals surface area contributed by atoms with Crippen molar-refractivity contribution in [3.8, 4) is 0 Å². The third-order valence-electron chi connectivity index (χ3n) is 2.57. The van der Waals surface area contributed by atoms with Crippen LogP contribution in [0.1, 0.15) is 11.4 Å². The van der Waals surface area contributed by atoms with E-state index in [9.17, 15) is 13.6 Å². The van der Waals surface area contributed by atoms with Crippen molar-refractivity contribution in [2.45, 2.75) is 19.0 Å². The van der Waals surface area contributed by atoms with E-state index in [0.717, 1.165) is 4.31 Å². The van der Waals surface area contributed by atoms with Gasteiger partial charge in [0, 0.05) is 30.1 Å². The van der Waals surface area contributed by atoms with Crippen LogP contribution in [0.25, 0.3) is 0 Å². The molecule has 17 heavy (non-hydrogen) atoms. The van der Waals surface area contributed by atoms with Crippen LogP contribution in [0, 0.1) is 0 Å². The van der Waals surface area contributed by atoms with E-state index in [1.165, 1.54) is 19.5 Å². The molecule has 0 amide bonds. The lowest BCUT2D eigenvalue weighted by atomic mass is 10.1. The van der Waals surface area contributed by atoms with E-state index < -0.39 is 23.3 Å². The molecule has 2 atom stereocenters. The monoisotopic (exact) mass is 256 g/mol. The predicted molar refractivity (Wildman–Crippen MR) is 56.0 cm³/mol. The first kappa shape index (κ1) is 12.1. The number of nitrogens with zero attached hydrogens (tertiary/aromatic N) is 3. The molecular weight excluding hydrogens is 246 g/mol. The molecule has 2 heterocycles. The van der Waals surface area contributed by atoms with Gasteiger partial charge in [0.1, 0.15) is 6.04 Å². The average molecular weight is 256 g/mol. The molecule has 0 saturated heterocycles. The molecule has 0 bridgehead atoms. The van der Waals surface area contributed by atoms with E-state index in [1.54, 1.807) is 0 Å². The van der Waals surface area contributed by atoms with Crippen molar-refractivity contribution in [2.75, 3.05) is 7.11 Å². The Morgan fingerprint density at radius 1 is 1.53 bits per heavy atom. The van der Waals surface area contributed by atoms with E-state index in [-0.39, 0.29) is 13.0 Å². The number of hydrogen-bond acceptors (Lipinski definition) is 6. The fraction of sp³-hybridized carbons (Fsp3) is 0.444. The fourth-order valence-electron chi connectivity index (χ4n) is 1.73. The number of ether oxygens (including phenoxy) is 1.